The van der Waals surface area contributed by atoms with Gasteiger partial charge in [-0.05, 0) is 26.7 Å². The number of nitrogens with one attached hydrogen (secondary N) is 2. The van der Waals surface area contributed by atoms with Gasteiger partial charge in [-0.25, -0.2) is 4.98 Å². The molecular formula is C14H27N5O. The Morgan fingerprint density at radius 2 is 2.20 bits per heavy atom. The molecule has 1 heterocycles. The molecule has 114 valence electrons. The van der Waals surface area contributed by atoms with E-state index in [-0.39, 0.29) is 0 Å². The molecule has 0 atom stereocenters. The van der Waals surface area contributed by atoms with Crippen LogP contribution < -0.4 is 10.6 Å². The van der Waals surface area contributed by atoms with E-state index < -0.39 is 0 Å². The molecule has 0 aliphatic carbocycles. The van der Waals surface area contributed by atoms with E-state index in [0.29, 0.717) is 0 Å². The number of aryl methyl sites for hydroxylation is 1. The Bertz CT molecular complexity index is 350. The summed E-state index contributed by atoms with van der Waals surface area (Å²) in [5.41, 5.74) is 0. The number of imidazole rings is 1. The Morgan fingerprint density at radius 1 is 1.30 bits per heavy atom. The van der Waals surface area contributed by atoms with Gasteiger partial charge in [0.15, 0.2) is 5.96 Å². The molecule has 0 amide bonds. The third-order valence-corrected chi connectivity index (χ3v) is 2.71. The van der Waals surface area contributed by atoms with Crippen molar-refractivity contribution >= 4 is 5.96 Å². The first-order chi connectivity index (χ1) is 9.86. The number of hydrogen-bond acceptors (Lipinski definition) is 3. The first kappa shape index (κ1) is 16.5. The van der Waals surface area contributed by atoms with E-state index in [1.165, 1.54) is 0 Å². The fourth-order valence-corrected chi connectivity index (χ4v) is 1.73. The summed E-state index contributed by atoms with van der Waals surface area (Å²) in [5.74, 6) is 0.884. The summed E-state index contributed by atoms with van der Waals surface area (Å²) in [6, 6.07) is 0. The molecule has 1 aromatic rings. The summed E-state index contributed by atoms with van der Waals surface area (Å²) < 4.78 is 7.37. The predicted molar refractivity (Wildman–Crippen MR) is 81.9 cm³/mol. The maximum absolute atomic E-state index is 5.31. The minimum absolute atomic E-state index is 0.780. The van der Waals surface area contributed by atoms with E-state index in [2.05, 4.69) is 32.1 Å². The molecule has 0 unspecified atom stereocenters. The zero-order valence-corrected chi connectivity index (χ0v) is 12.6. The highest BCUT2D eigenvalue weighted by Gasteiger charge is 1.96. The van der Waals surface area contributed by atoms with Crippen LogP contribution in [0.15, 0.2) is 23.7 Å². The Morgan fingerprint density at radius 3 is 2.90 bits per heavy atom. The average Bonchev–Trinajstić information content (AvgIpc) is 2.96. The molecule has 6 nitrogen and oxygen atoms in total. The van der Waals surface area contributed by atoms with E-state index in [9.17, 15) is 0 Å². The van der Waals surface area contributed by atoms with Crippen LogP contribution in [0.5, 0.6) is 0 Å². The zero-order valence-electron chi connectivity index (χ0n) is 12.6. The number of ether oxygens (including phenoxy) is 1. The molecule has 6 heteroatoms. The molecule has 0 aliphatic rings. The number of aromatic nitrogens is 2. The summed E-state index contributed by atoms with van der Waals surface area (Å²) in [6.45, 7) is 9.17. The molecule has 0 saturated carbocycles. The second-order valence-electron chi connectivity index (χ2n) is 4.39. The van der Waals surface area contributed by atoms with Crippen molar-refractivity contribution in [3.05, 3.63) is 18.7 Å². The first-order valence-electron chi connectivity index (χ1n) is 7.42. The standard InChI is InChI=1S/C14H27N5O/c1-3-16-14(18-8-6-12-20-4-2)17-7-5-10-19-11-9-15-13-19/h9,11,13H,3-8,10,12H2,1-2H3,(H2,16,17,18). The van der Waals surface area contributed by atoms with Gasteiger partial charge < -0.3 is 19.9 Å². The topological polar surface area (TPSA) is 63.5 Å². The molecule has 0 aromatic carbocycles. The van der Waals surface area contributed by atoms with E-state index in [0.717, 1.165) is 58.2 Å². The average molecular weight is 281 g/mol. The molecule has 1 aromatic heterocycles. The summed E-state index contributed by atoms with van der Waals surface area (Å²) in [6.07, 6.45) is 7.61. The lowest BCUT2D eigenvalue weighted by atomic mass is 10.4. The summed E-state index contributed by atoms with van der Waals surface area (Å²) in [4.78, 5) is 8.57. The van der Waals surface area contributed by atoms with Crippen molar-refractivity contribution in [2.75, 3.05) is 32.8 Å². The molecule has 0 aliphatic heterocycles. The fourth-order valence-electron chi connectivity index (χ4n) is 1.73. The van der Waals surface area contributed by atoms with E-state index >= 15 is 0 Å². The zero-order chi connectivity index (χ0) is 14.5. The van der Waals surface area contributed by atoms with Gasteiger partial charge in [0.25, 0.3) is 0 Å². The van der Waals surface area contributed by atoms with Crippen LogP contribution in [-0.4, -0.2) is 48.4 Å². The van der Waals surface area contributed by atoms with E-state index in [1.807, 2.05) is 19.4 Å². The largest absolute Gasteiger partial charge is 0.382 e. The summed E-state index contributed by atoms with van der Waals surface area (Å²) in [7, 11) is 0. The quantitative estimate of drug-likeness (QED) is 0.385. The molecule has 0 saturated heterocycles. The summed E-state index contributed by atoms with van der Waals surface area (Å²) in [5, 5.41) is 6.56. The van der Waals surface area contributed by atoms with Crippen molar-refractivity contribution in [3.8, 4) is 0 Å². The smallest absolute Gasteiger partial charge is 0.191 e. The molecule has 0 fully saturated rings. The number of nitrogens with zero attached hydrogens (tertiary/aromatic N) is 3. The molecule has 20 heavy (non-hydrogen) atoms. The van der Waals surface area contributed by atoms with Crippen LogP contribution in [0, 0.1) is 0 Å². The Balaban J connectivity index is 2.16. The van der Waals surface area contributed by atoms with Crippen LogP contribution in [-0.2, 0) is 11.3 Å². The van der Waals surface area contributed by atoms with Crippen LogP contribution in [0.25, 0.3) is 0 Å². The second kappa shape index (κ2) is 11.3. The van der Waals surface area contributed by atoms with Crippen molar-refractivity contribution in [1.29, 1.82) is 0 Å². The predicted octanol–water partition coefficient (Wildman–Crippen LogP) is 1.25. The van der Waals surface area contributed by atoms with Gasteiger partial charge in [-0.3, -0.25) is 4.99 Å². The van der Waals surface area contributed by atoms with Gasteiger partial charge in [-0.15, -0.1) is 0 Å². The lowest BCUT2D eigenvalue weighted by Gasteiger charge is -2.11. The van der Waals surface area contributed by atoms with Crippen LogP contribution in [0.3, 0.4) is 0 Å². The highest BCUT2D eigenvalue weighted by Crippen LogP contribution is 1.91. The molecule has 2 N–H and O–H groups in total. The normalized spacial score (nSPS) is 11.6. The molecule has 0 radical (unpaired) electrons. The molecular weight excluding hydrogens is 254 g/mol. The minimum Gasteiger partial charge on any atom is -0.382 e. The summed E-state index contributed by atoms with van der Waals surface area (Å²) >= 11 is 0. The number of hydrogen-bond donors (Lipinski definition) is 2. The first-order valence-corrected chi connectivity index (χ1v) is 7.42. The Labute approximate surface area is 121 Å². The van der Waals surface area contributed by atoms with Crippen molar-refractivity contribution in [3.63, 3.8) is 0 Å². The van der Waals surface area contributed by atoms with Crippen LogP contribution in [0.2, 0.25) is 0 Å². The highest BCUT2D eigenvalue weighted by molar-refractivity contribution is 5.79. The minimum atomic E-state index is 0.780. The Kier molecular flexibility index (Phi) is 9.30. The third kappa shape index (κ3) is 7.78. The van der Waals surface area contributed by atoms with Gasteiger partial charge in [0, 0.05) is 51.8 Å². The maximum atomic E-state index is 5.31. The number of aliphatic imine (C=N–C) groups is 1. The van der Waals surface area contributed by atoms with E-state index in [1.54, 1.807) is 6.20 Å². The van der Waals surface area contributed by atoms with Gasteiger partial charge >= 0.3 is 0 Å². The third-order valence-electron chi connectivity index (χ3n) is 2.71. The molecule has 0 bridgehead atoms. The van der Waals surface area contributed by atoms with Crippen molar-refractivity contribution in [1.82, 2.24) is 20.2 Å². The monoisotopic (exact) mass is 281 g/mol. The highest BCUT2D eigenvalue weighted by atomic mass is 16.5. The SMILES string of the molecule is CCNC(=NCCCn1ccnc1)NCCCOCC. The van der Waals surface area contributed by atoms with Gasteiger partial charge in [0.1, 0.15) is 0 Å². The lowest BCUT2D eigenvalue weighted by Crippen LogP contribution is -2.38. The van der Waals surface area contributed by atoms with Gasteiger partial charge in [-0.1, -0.05) is 0 Å². The van der Waals surface area contributed by atoms with Crippen LogP contribution in [0.4, 0.5) is 0 Å². The van der Waals surface area contributed by atoms with Crippen molar-refractivity contribution < 1.29 is 4.74 Å². The maximum Gasteiger partial charge on any atom is 0.191 e. The second-order valence-corrected chi connectivity index (χ2v) is 4.39. The van der Waals surface area contributed by atoms with Crippen LogP contribution >= 0.6 is 0 Å². The van der Waals surface area contributed by atoms with Crippen LogP contribution in [0.1, 0.15) is 26.7 Å². The van der Waals surface area contributed by atoms with E-state index in [4.69, 9.17) is 4.74 Å². The fraction of sp³-hybridized carbons (Fsp3) is 0.714. The number of guanidine groups is 1. The molecule has 1 rings (SSSR count). The Hall–Kier alpha value is -1.56. The van der Waals surface area contributed by atoms with Crippen molar-refractivity contribution in [2.24, 2.45) is 4.99 Å². The lowest BCUT2D eigenvalue weighted by molar-refractivity contribution is 0.145. The number of rotatable bonds is 10. The van der Waals surface area contributed by atoms with Crippen molar-refractivity contribution in [2.45, 2.75) is 33.2 Å². The molecule has 0 spiro atoms. The van der Waals surface area contributed by atoms with Gasteiger partial charge in [0.05, 0.1) is 6.33 Å². The van der Waals surface area contributed by atoms with Gasteiger partial charge in [0.2, 0.25) is 0 Å². The van der Waals surface area contributed by atoms with Gasteiger partial charge in [-0.2, -0.15) is 0 Å².